The largest absolute Gasteiger partial charge is 0.294 e. The van der Waals surface area contributed by atoms with Crippen LogP contribution in [0, 0.1) is 46.3 Å². The van der Waals surface area contributed by atoms with Crippen molar-refractivity contribution >= 4 is 17.5 Å². The molecule has 7 unspecified atom stereocenters. The molecule has 2 heteroatoms. The van der Waals surface area contributed by atoms with Gasteiger partial charge in [-0.05, 0) is 110 Å². The van der Waals surface area contributed by atoms with Crippen LogP contribution in [-0.2, 0) is 0 Å². The normalized spacial score (nSPS) is 45.3. The second-order valence-corrected chi connectivity index (χ2v) is 12.7. The number of hydrogen-bond donors (Lipinski definition) is 0. The summed E-state index contributed by atoms with van der Waals surface area (Å²) in [5.74, 6) is 5.11. The molecule has 0 amide bonds. The molecule has 0 heterocycles. The number of ketones is 1. The fourth-order valence-electron chi connectivity index (χ4n) is 8.86. The molecule has 0 radical (unpaired) electrons. The summed E-state index contributed by atoms with van der Waals surface area (Å²) in [5, 5.41) is 0. The molecule has 1 nitrogen and oxygen atoms in total. The van der Waals surface area contributed by atoms with Gasteiger partial charge in [0.05, 0.1) is 0 Å². The molecule has 4 aliphatic carbocycles. The molecular formula is C28H40OS. The van der Waals surface area contributed by atoms with Crippen molar-refractivity contribution in [3.8, 4) is 0 Å². The molecule has 1 aromatic carbocycles. The van der Waals surface area contributed by atoms with Crippen LogP contribution in [0.4, 0.5) is 0 Å². The van der Waals surface area contributed by atoms with Crippen LogP contribution in [-0.4, -0.2) is 12.0 Å². The van der Waals surface area contributed by atoms with E-state index >= 15 is 0 Å². The van der Waals surface area contributed by atoms with Crippen molar-refractivity contribution in [2.24, 2.45) is 46.3 Å². The zero-order valence-electron chi connectivity index (χ0n) is 19.5. The molecule has 0 bridgehead atoms. The van der Waals surface area contributed by atoms with E-state index in [0.29, 0.717) is 11.2 Å². The second kappa shape index (κ2) is 7.68. The molecule has 0 aliphatic heterocycles. The Morgan fingerprint density at radius 1 is 0.900 bits per heavy atom. The van der Waals surface area contributed by atoms with Gasteiger partial charge in [0.1, 0.15) is 0 Å². The number of carbonyl (C=O) groups excluding carboxylic acids is 1. The van der Waals surface area contributed by atoms with Crippen LogP contribution in [0.25, 0.3) is 0 Å². The number of Topliss-reactive ketones (excluding diaryl/α,β-unsaturated/α-hetero) is 1. The summed E-state index contributed by atoms with van der Waals surface area (Å²) in [6.45, 7) is 7.63. The van der Waals surface area contributed by atoms with E-state index in [1.807, 2.05) is 0 Å². The summed E-state index contributed by atoms with van der Waals surface area (Å²) < 4.78 is 0. The summed E-state index contributed by atoms with van der Waals surface area (Å²) in [4.78, 5) is 14.8. The monoisotopic (exact) mass is 424 g/mol. The third-order valence-corrected chi connectivity index (χ3v) is 11.4. The van der Waals surface area contributed by atoms with E-state index in [-0.39, 0.29) is 11.3 Å². The van der Waals surface area contributed by atoms with Crippen LogP contribution in [0.2, 0.25) is 0 Å². The molecule has 1 aromatic rings. The van der Waals surface area contributed by atoms with Crippen LogP contribution < -0.4 is 0 Å². The average molecular weight is 425 g/mol. The van der Waals surface area contributed by atoms with Crippen molar-refractivity contribution in [1.82, 2.24) is 0 Å². The van der Waals surface area contributed by atoms with Gasteiger partial charge < -0.3 is 0 Å². The standard InChI is InChI=1S/C28H40OS/c1-18-13-15-27(2)20(17-18)7-10-22-23-11-12-25(28(23,3)16-14-24(22)27)26(29)19-5-8-21(30-4)9-6-19/h5-6,8-9,18,20,22-25H,7,10-17H2,1-4H3/t18?,20?,22?,23?,24?,25-,27?,28?/m1/s1. The molecule has 0 aromatic heterocycles. The number of thioether (sulfide) groups is 1. The van der Waals surface area contributed by atoms with Crippen molar-refractivity contribution in [2.45, 2.75) is 83.5 Å². The Morgan fingerprint density at radius 3 is 2.33 bits per heavy atom. The third kappa shape index (κ3) is 3.14. The maximum atomic E-state index is 13.6. The van der Waals surface area contributed by atoms with E-state index in [2.05, 4.69) is 51.3 Å². The highest BCUT2D eigenvalue weighted by Gasteiger charge is 2.61. The predicted molar refractivity (Wildman–Crippen MR) is 127 cm³/mol. The maximum absolute atomic E-state index is 13.6. The van der Waals surface area contributed by atoms with Gasteiger partial charge in [0.2, 0.25) is 0 Å². The first-order valence-electron chi connectivity index (χ1n) is 12.5. The Kier molecular flexibility index (Phi) is 5.40. The lowest BCUT2D eigenvalue weighted by molar-refractivity contribution is -0.114. The van der Waals surface area contributed by atoms with E-state index in [9.17, 15) is 4.79 Å². The van der Waals surface area contributed by atoms with Crippen LogP contribution >= 0.6 is 11.8 Å². The molecule has 0 saturated heterocycles. The molecule has 5 rings (SSSR count). The lowest BCUT2D eigenvalue weighted by Gasteiger charge is -2.61. The minimum absolute atomic E-state index is 0.224. The van der Waals surface area contributed by atoms with Gasteiger partial charge in [-0.3, -0.25) is 4.79 Å². The number of carbonyl (C=O) groups is 1. The number of fused-ring (bicyclic) bond motifs is 5. The highest BCUT2D eigenvalue weighted by molar-refractivity contribution is 7.98. The number of rotatable bonds is 3. The van der Waals surface area contributed by atoms with Gasteiger partial charge in [0.25, 0.3) is 0 Å². The zero-order chi connectivity index (χ0) is 21.1. The van der Waals surface area contributed by atoms with Crippen molar-refractivity contribution < 1.29 is 4.79 Å². The summed E-state index contributed by atoms with van der Waals surface area (Å²) in [5.41, 5.74) is 1.74. The smallest absolute Gasteiger partial charge is 0.166 e. The molecular weight excluding hydrogens is 384 g/mol. The van der Waals surface area contributed by atoms with Crippen molar-refractivity contribution in [3.05, 3.63) is 29.8 Å². The summed E-state index contributed by atoms with van der Waals surface area (Å²) in [6, 6.07) is 8.39. The van der Waals surface area contributed by atoms with Gasteiger partial charge in [-0.1, -0.05) is 39.3 Å². The molecule has 30 heavy (non-hydrogen) atoms. The third-order valence-electron chi connectivity index (χ3n) is 10.6. The van der Waals surface area contributed by atoms with Crippen molar-refractivity contribution in [2.75, 3.05) is 6.26 Å². The lowest BCUT2D eigenvalue weighted by atomic mass is 9.44. The first kappa shape index (κ1) is 21.1. The van der Waals surface area contributed by atoms with Gasteiger partial charge in [-0.15, -0.1) is 11.8 Å². The highest BCUT2D eigenvalue weighted by Crippen LogP contribution is 2.68. The average Bonchev–Trinajstić information content (AvgIpc) is 3.11. The molecule has 0 spiro atoms. The van der Waals surface area contributed by atoms with E-state index in [1.165, 1.54) is 56.3 Å². The van der Waals surface area contributed by atoms with Crippen LogP contribution in [0.5, 0.6) is 0 Å². The Morgan fingerprint density at radius 2 is 1.60 bits per heavy atom. The quantitative estimate of drug-likeness (QED) is 0.362. The Balaban J connectivity index is 1.38. The Labute approximate surface area is 188 Å². The minimum Gasteiger partial charge on any atom is -0.294 e. The second-order valence-electron chi connectivity index (χ2n) is 11.8. The highest BCUT2D eigenvalue weighted by atomic mass is 32.2. The van der Waals surface area contributed by atoms with Crippen molar-refractivity contribution in [1.29, 1.82) is 0 Å². The molecule has 4 fully saturated rings. The Hall–Kier alpha value is -0.760. The van der Waals surface area contributed by atoms with E-state index < -0.39 is 0 Å². The first-order chi connectivity index (χ1) is 14.4. The molecule has 164 valence electrons. The fourth-order valence-corrected chi connectivity index (χ4v) is 9.27. The van der Waals surface area contributed by atoms with Crippen molar-refractivity contribution in [3.63, 3.8) is 0 Å². The number of hydrogen-bond acceptors (Lipinski definition) is 2. The molecule has 4 saturated carbocycles. The topological polar surface area (TPSA) is 17.1 Å². The minimum atomic E-state index is 0.224. The SMILES string of the molecule is CSc1ccc(C(=O)[C@H]2CCC3C4CCC5CC(C)CCC5(C)C4CCC32C)cc1. The van der Waals surface area contributed by atoms with Gasteiger partial charge >= 0.3 is 0 Å². The van der Waals surface area contributed by atoms with E-state index in [1.54, 1.807) is 11.8 Å². The fraction of sp³-hybridized carbons (Fsp3) is 0.750. The van der Waals surface area contributed by atoms with Crippen LogP contribution in [0.1, 0.15) is 88.9 Å². The summed E-state index contributed by atoms with van der Waals surface area (Å²) >= 11 is 1.75. The van der Waals surface area contributed by atoms with Crippen LogP contribution in [0.15, 0.2) is 29.2 Å². The van der Waals surface area contributed by atoms with E-state index in [0.717, 1.165) is 41.6 Å². The van der Waals surface area contributed by atoms with E-state index in [4.69, 9.17) is 0 Å². The van der Waals surface area contributed by atoms with Gasteiger partial charge in [0, 0.05) is 16.4 Å². The molecule has 0 N–H and O–H groups in total. The van der Waals surface area contributed by atoms with Gasteiger partial charge in [-0.25, -0.2) is 0 Å². The van der Waals surface area contributed by atoms with Crippen LogP contribution in [0.3, 0.4) is 0 Å². The van der Waals surface area contributed by atoms with Gasteiger partial charge in [0.15, 0.2) is 5.78 Å². The molecule has 8 atom stereocenters. The maximum Gasteiger partial charge on any atom is 0.166 e. The van der Waals surface area contributed by atoms with Gasteiger partial charge in [-0.2, -0.15) is 0 Å². The Bertz CT molecular complexity index is 799. The predicted octanol–water partition coefficient (Wildman–Crippen LogP) is 7.89. The summed E-state index contributed by atoms with van der Waals surface area (Å²) in [7, 11) is 0. The summed E-state index contributed by atoms with van der Waals surface area (Å²) in [6.07, 6.45) is 14.4. The number of benzene rings is 1. The zero-order valence-corrected chi connectivity index (χ0v) is 20.3. The lowest BCUT2D eigenvalue weighted by Crippen LogP contribution is -2.53. The molecule has 4 aliphatic rings. The first-order valence-corrected chi connectivity index (χ1v) is 13.8.